The van der Waals surface area contributed by atoms with Crippen molar-refractivity contribution < 1.29 is 4.74 Å². The highest BCUT2D eigenvalue weighted by Crippen LogP contribution is 2.36. The van der Waals surface area contributed by atoms with Crippen LogP contribution in [0.25, 0.3) is 0 Å². The predicted octanol–water partition coefficient (Wildman–Crippen LogP) is 2.35. The highest BCUT2D eigenvalue weighted by molar-refractivity contribution is 5.44. The quantitative estimate of drug-likeness (QED) is 0.822. The highest BCUT2D eigenvalue weighted by Gasteiger charge is 2.38. The number of rotatable bonds is 3. The van der Waals surface area contributed by atoms with Gasteiger partial charge in [-0.2, -0.15) is 0 Å². The van der Waals surface area contributed by atoms with Crippen LogP contribution in [-0.4, -0.2) is 12.6 Å². The molecule has 0 bridgehead atoms. The van der Waals surface area contributed by atoms with Gasteiger partial charge in [0.15, 0.2) is 0 Å². The number of methoxy groups -OCH3 is 1. The first-order chi connectivity index (χ1) is 7.04. The van der Waals surface area contributed by atoms with E-state index in [-0.39, 0.29) is 5.54 Å². The first-order valence-corrected chi connectivity index (χ1v) is 5.47. The first-order valence-electron chi connectivity index (χ1n) is 5.47. The smallest absolute Gasteiger partial charge is 0.124 e. The Bertz CT molecular complexity index is 357. The van der Waals surface area contributed by atoms with Gasteiger partial charge < -0.3 is 10.5 Å². The van der Waals surface area contributed by atoms with Crippen molar-refractivity contribution in [2.24, 2.45) is 5.73 Å². The summed E-state index contributed by atoms with van der Waals surface area (Å²) < 4.78 is 5.35. The summed E-state index contributed by atoms with van der Waals surface area (Å²) >= 11 is 0. The van der Waals surface area contributed by atoms with Crippen LogP contribution < -0.4 is 10.5 Å². The minimum absolute atomic E-state index is 0.0907. The van der Waals surface area contributed by atoms with Gasteiger partial charge in [0.1, 0.15) is 5.75 Å². The fourth-order valence-electron chi connectivity index (χ4n) is 2.21. The van der Waals surface area contributed by atoms with Crippen LogP contribution in [0.2, 0.25) is 0 Å². The van der Waals surface area contributed by atoms with E-state index in [9.17, 15) is 0 Å². The molecule has 2 nitrogen and oxygen atoms in total. The average molecular weight is 205 g/mol. The lowest BCUT2D eigenvalue weighted by molar-refractivity contribution is 0.408. The molecule has 0 radical (unpaired) electrons. The molecule has 1 aromatic rings. The second kappa shape index (κ2) is 3.53. The molecule has 1 aromatic carbocycles. The number of nitrogens with two attached hydrogens (primary N) is 1. The zero-order valence-corrected chi connectivity index (χ0v) is 9.76. The molecule has 0 aliphatic heterocycles. The zero-order valence-electron chi connectivity index (χ0n) is 9.76. The van der Waals surface area contributed by atoms with Crippen LogP contribution in [0.4, 0.5) is 0 Å². The second-order valence-corrected chi connectivity index (χ2v) is 4.80. The number of benzene rings is 1. The first kappa shape index (κ1) is 10.5. The number of hydrogen-bond donors (Lipinski definition) is 1. The molecule has 0 atom stereocenters. The predicted molar refractivity (Wildman–Crippen MR) is 62.3 cm³/mol. The lowest BCUT2D eigenvalue weighted by Gasteiger charge is -2.13. The maximum absolute atomic E-state index is 6.12. The van der Waals surface area contributed by atoms with E-state index in [2.05, 4.69) is 26.0 Å². The van der Waals surface area contributed by atoms with Crippen LogP contribution in [0.15, 0.2) is 12.1 Å². The van der Waals surface area contributed by atoms with Crippen molar-refractivity contribution in [1.82, 2.24) is 0 Å². The molecule has 15 heavy (non-hydrogen) atoms. The standard InChI is InChI=1S/C13H19NO/c1-9-6-11(8-13(14)4-5-13)7-10(2)12(9)15-3/h6-7H,4-5,8,14H2,1-3H3. The van der Waals surface area contributed by atoms with E-state index >= 15 is 0 Å². The molecule has 1 saturated carbocycles. The third-order valence-corrected chi connectivity index (χ3v) is 3.17. The lowest BCUT2D eigenvalue weighted by atomic mass is 9.99. The largest absolute Gasteiger partial charge is 0.496 e. The summed E-state index contributed by atoms with van der Waals surface area (Å²) in [7, 11) is 1.72. The maximum Gasteiger partial charge on any atom is 0.124 e. The molecular weight excluding hydrogens is 186 g/mol. The second-order valence-electron chi connectivity index (χ2n) is 4.80. The molecule has 2 rings (SSSR count). The van der Waals surface area contributed by atoms with Crippen molar-refractivity contribution in [1.29, 1.82) is 0 Å². The fourth-order valence-corrected chi connectivity index (χ4v) is 2.21. The number of aryl methyl sites for hydroxylation is 2. The molecule has 2 N–H and O–H groups in total. The maximum atomic E-state index is 6.12. The van der Waals surface area contributed by atoms with Crippen molar-refractivity contribution in [2.45, 2.75) is 38.6 Å². The molecule has 2 heteroatoms. The topological polar surface area (TPSA) is 35.2 Å². The van der Waals surface area contributed by atoms with Gasteiger partial charge in [-0.3, -0.25) is 0 Å². The Kier molecular flexibility index (Phi) is 2.47. The fraction of sp³-hybridized carbons (Fsp3) is 0.538. The van der Waals surface area contributed by atoms with E-state index in [1.54, 1.807) is 7.11 Å². The monoisotopic (exact) mass is 205 g/mol. The van der Waals surface area contributed by atoms with Gasteiger partial charge in [-0.05, 0) is 49.8 Å². The Labute approximate surface area is 91.4 Å². The van der Waals surface area contributed by atoms with Crippen LogP contribution in [0.3, 0.4) is 0 Å². The SMILES string of the molecule is COc1c(C)cc(CC2(N)CC2)cc1C. The molecule has 82 valence electrons. The van der Waals surface area contributed by atoms with Gasteiger partial charge >= 0.3 is 0 Å². The van der Waals surface area contributed by atoms with Crippen molar-refractivity contribution in [2.75, 3.05) is 7.11 Å². The summed E-state index contributed by atoms with van der Waals surface area (Å²) in [6.45, 7) is 4.18. The van der Waals surface area contributed by atoms with E-state index in [1.807, 2.05) is 0 Å². The van der Waals surface area contributed by atoms with Gasteiger partial charge in [-0.1, -0.05) is 12.1 Å². The molecule has 0 heterocycles. The number of hydrogen-bond acceptors (Lipinski definition) is 2. The molecule has 0 spiro atoms. The van der Waals surface area contributed by atoms with Crippen LogP contribution >= 0.6 is 0 Å². The van der Waals surface area contributed by atoms with Crippen LogP contribution in [0, 0.1) is 13.8 Å². The molecule has 1 fully saturated rings. The van der Waals surface area contributed by atoms with Crippen molar-refractivity contribution >= 4 is 0 Å². The normalized spacial score (nSPS) is 17.6. The Morgan fingerprint density at radius 3 is 2.20 bits per heavy atom. The molecule has 0 aromatic heterocycles. The minimum atomic E-state index is 0.0907. The van der Waals surface area contributed by atoms with Gasteiger partial charge in [-0.25, -0.2) is 0 Å². The summed E-state index contributed by atoms with van der Waals surface area (Å²) in [6.07, 6.45) is 3.33. The molecular formula is C13H19NO. The van der Waals surface area contributed by atoms with Gasteiger partial charge in [-0.15, -0.1) is 0 Å². The highest BCUT2D eigenvalue weighted by atomic mass is 16.5. The van der Waals surface area contributed by atoms with Crippen molar-refractivity contribution in [3.05, 3.63) is 28.8 Å². The van der Waals surface area contributed by atoms with Gasteiger partial charge in [0.2, 0.25) is 0 Å². The summed E-state index contributed by atoms with van der Waals surface area (Å²) in [5.41, 5.74) is 9.96. The number of ether oxygens (including phenoxy) is 1. The minimum Gasteiger partial charge on any atom is -0.496 e. The average Bonchev–Trinajstić information content (AvgIpc) is 2.82. The zero-order chi connectivity index (χ0) is 11.1. The van der Waals surface area contributed by atoms with Gasteiger partial charge in [0.05, 0.1) is 7.11 Å². The van der Waals surface area contributed by atoms with E-state index in [0.717, 1.165) is 25.0 Å². The van der Waals surface area contributed by atoms with E-state index in [4.69, 9.17) is 10.5 Å². The van der Waals surface area contributed by atoms with E-state index < -0.39 is 0 Å². The summed E-state index contributed by atoms with van der Waals surface area (Å²) in [4.78, 5) is 0. The lowest BCUT2D eigenvalue weighted by Crippen LogP contribution is -2.24. The molecule has 0 saturated heterocycles. The van der Waals surface area contributed by atoms with E-state index in [0.29, 0.717) is 0 Å². The summed E-state index contributed by atoms with van der Waals surface area (Å²) in [5, 5.41) is 0. The van der Waals surface area contributed by atoms with Crippen molar-refractivity contribution in [3.8, 4) is 5.75 Å². The third-order valence-electron chi connectivity index (χ3n) is 3.17. The molecule has 1 aliphatic rings. The molecule has 0 amide bonds. The van der Waals surface area contributed by atoms with Crippen LogP contribution in [0.5, 0.6) is 5.75 Å². The van der Waals surface area contributed by atoms with Crippen LogP contribution in [-0.2, 0) is 6.42 Å². The summed E-state index contributed by atoms with van der Waals surface area (Å²) in [5.74, 6) is 1.00. The van der Waals surface area contributed by atoms with Crippen molar-refractivity contribution in [3.63, 3.8) is 0 Å². The summed E-state index contributed by atoms with van der Waals surface area (Å²) in [6, 6.07) is 4.39. The van der Waals surface area contributed by atoms with Gasteiger partial charge in [0, 0.05) is 5.54 Å². The Morgan fingerprint density at radius 1 is 1.27 bits per heavy atom. The Balaban J connectivity index is 2.26. The third kappa shape index (κ3) is 2.15. The Hall–Kier alpha value is -1.02. The van der Waals surface area contributed by atoms with Gasteiger partial charge in [0.25, 0.3) is 0 Å². The van der Waals surface area contributed by atoms with Crippen LogP contribution in [0.1, 0.15) is 29.5 Å². The molecule has 1 aliphatic carbocycles. The Morgan fingerprint density at radius 2 is 1.80 bits per heavy atom. The van der Waals surface area contributed by atoms with E-state index in [1.165, 1.54) is 16.7 Å². The molecule has 0 unspecified atom stereocenters.